The number of aryl methyl sites for hydroxylation is 2. The summed E-state index contributed by atoms with van der Waals surface area (Å²) in [6.07, 6.45) is 0.880. The summed E-state index contributed by atoms with van der Waals surface area (Å²) >= 11 is 3.57. The first-order valence-electron chi connectivity index (χ1n) is 6.55. The molecular weight excluding hydrogens is 298 g/mol. The highest BCUT2D eigenvalue weighted by atomic mass is 79.9. The van der Waals surface area contributed by atoms with Crippen LogP contribution in [-0.4, -0.2) is 0 Å². The van der Waals surface area contributed by atoms with Crippen molar-refractivity contribution in [1.82, 2.24) is 0 Å². The van der Waals surface area contributed by atoms with E-state index in [1.54, 1.807) is 0 Å². The van der Waals surface area contributed by atoms with Crippen LogP contribution in [0.5, 0.6) is 0 Å². The molecule has 0 aliphatic carbocycles. The fraction of sp³-hybridized carbons (Fsp3) is 0.294. The van der Waals surface area contributed by atoms with E-state index in [-0.39, 0.29) is 6.04 Å². The molecule has 0 amide bonds. The van der Waals surface area contributed by atoms with Crippen LogP contribution < -0.4 is 5.73 Å². The third kappa shape index (κ3) is 3.26. The number of benzene rings is 2. The Morgan fingerprint density at radius 1 is 1.11 bits per heavy atom. The lowest BCUT2D eigenvalue weighted by atomic mass is 9.93. The Balaban J connectivity index is 2.28. The molecule has 1 nitrogen and oxygen atoms in total. The lowest BCUT2D eigenvalue weighted by molar-refractivity contribution is 0.712. The van der Waals surface area contributed by atoms with Crippen LogP contribution >= 0.6 is 15.9 Å². The van der Waals surface area contributed by atoms with Crippen LogP contribution in [-0.2, 0) is 6.42 Å². The molecule has 0 spiro atoms. The van der Waals surface area contributed by atoms with Crippen LogP contribution in [0, 0.1) is 20.8 Å². The normalized spacial score (nSPS) is 12.5. The second-order valence-corrected chi connectivity index (χ2v) is 6.05. The van der Waals surface area contributed by atoms with Crippen molar-refractivity contribution >= 4 is 15.9 Å². The number of hydrogen-bond acceptors (Lipinski definition) is 1. The molecule has 0 aliphatic rings. The summed E-state index contributed by atoms with van der Waals surface area (Å²) in [5.74, 6) is 0. The van der Waals surface area contributed by atoms with E-state index in [1.165, 1.54) is 27.8 Å². The van der Waals surface area contributed by atoms with Crippen LogP contribution in [0.15, 0.2) is 40.9 Å². The molecule has 2 aromatic carbocycles. The smallest absolute Gasteiger partial charge is 0.0338 e. The summed E-state index contributed by atoms with van der Waals surface area (Å²) in [5.41, 5.74) is 12.8. The van der Waals surface area contributed by atoms with Crippen LogP contribution in [0.1, 0.15) is 33.9 Å². The molecule has 0 fully saturated rings. The van der Waals surface area contributed by atoms with Crippen molar-refractivity contribution in [3.05, 3.63) is 68.7 Å². The van der Waals surface area contributed by atoms with E-state index in [4.69, 9.17) is 5.73 Å². The first-order valence-corrected chi connectivity index (χ1v) is 7.35. The van der Waals surface area contributed by atoms with Gasteiger partial charge in [-0.3, -0.25) is 0 Å². The first-order chi connectivity index (χ1) is 8.99. The second kappa shape index (κ2) is 5.89. The molecule has 0 saturated heterocycles. The van der Waals surface area contributed by atoms with Crippen molar-refractivity contribution in [2.75, 3.05) is 0 Å². The fourth-order valence-electron chi connectivity index (χ4n) is 2.39. The Bertz CT molecular complexity index is 590. The average Bonchev–Trinajstić information content (AvgIpc) is 2.37. The van der Waals surface area contributed by atoms with Gasteiger partial charge in [0, 0.05) is 10.5 Å². The maximum atomic E-state index is 6.39. The van der Waals surface area contributed by atoms with Crippen molar-refractivity contribution in [3.63, 3.8) is 0 Å². The summed E-state index contributed by atoms with van der Waals surface area (Å²) in [7, 11) is 0. The maximum Gasteiger partial charge on any atom is 0.0338 e. The number of rotatable bonds is 3. The molecule has 0 aromatic heterocycles. The third-order valence-corrected chi connectivity index (χ3v) is 4.51. The largest absolute Gasteiger partial charge is 0.324 e. The van der Waals surface area contributed by atoms with E-state index in [1.807, 2.05) is 0 Å². The molecule has 2 aromatic rings. The minimum atomic E-state index is 0.0398. The van der Waals surface area contributed by atoms with Gasteiger partial charge in [0.15, 0.2) is 0 Å². The van der Waals surface area contributed by atoms with E-state index in [2.05, 4.69) is 73.1 Å². The van der Waals surface area contributed by atoms with E-state index in [9.17, 15) is 0 Å². The van der Waals surface area contributed by atoms with Gasteiger partial charge >= 0.3 is 0 Å². The van der Waals surface area contributed by atoms with E-state index >= 15 is 0 Å². The lowest BCUT2D eigenvalue weighted by Gasteiger charge is -2.17. The fourth-order valence-corrected chi connectivity index (χ4v) is 2.77. The van der Waals surface area contributed by atoms with E-state index < -0.39 is 0 Å². The van der Waals surface area contributed by atoms with Gasteiger partial charge in [-0.15, -0.1) is 0 Å². The Kier molecular flexibility index (Phi) is 4.43. The molecule has 19 heavy (non-hydrogen) atoms. The maximum absolute atomic E-state index is 6.39. The molecule has 0 heterocycles. The monoisotopic (exact) mass is 317 g/mol. The summed E-state index contributed by atoms with van der Waals surface area (Å²) < 4.78 is 1.13. The van der Waals surface area contributed by atoms with Gasteiger partial charge in [0.05, 0.1) is 0 Å². The van der Waals surface area contributed by atoms with Crippen LogP contribution in [0.4, 0.5) is 0 Å². The summed E-state index contributed by atoms with van der Waals surface area (Å²) in [6, 6.07) is 12.8. The molecular formula is C17H20BrN. The van der Waals surface area contributed by atoms with Crippen LogP contribution in [0.25, 0.3) is 0 Å². The van der Waals surface area contributed by atoms with Crippen molar-refractivity contribution in [2.45, 2.75) is 33.2 Å². The Hall–Kier alpha value is -1.12. The van der Waals surface area contributed by atoms with Crippen molar-refractivity contribution in [3.8, 4) is 0 Å². The van der Waals surface area contributed by atoms with Gasteiger partial charge in [-0.25, -0.2) is 0 Å². The topological polar surface area (TPSA) is 26.0 Å². The van der Waals surface area contributed by atoms with Gasteiger partial charge in [-0.2, -0.15) is 0 Å². The zero-order valence-electron chi connectivity index (χ0n) is 11.7. The second-order valence-electron chi connectivity index (χ2n) is 5.19. The standard InChI is InChI=1S/C17H20BrN/c1-11-7-8-12(2)14(9-11)10-17(19)15-5-4-6-16(18)13(15)3/h4-9,17H,10,19H2,1-3H3. The molecule has 2 rings (SSSR count). The quantitative estimate of drug-likeness (QED) is 0.878. The van der Waals surface area contributed by atoms with Crippen molar-refractivity contribution in [2.24, 2.45) is 5.73 Å². The highest BCUT2D eigenvalue weighted by Crippen LogP contribution is 2.26. The number of halogens is 1. The Morgan fingerprint density at radius 2 is 1.84 bits per heavy atom. The molecule has 0 aliphatic heterocycles. The van der Waals surface area contributed by atoms with Crippen molar-refractivity contribution < 1.29 is 0 Å². The Morgan fingerprint density at radius 3 is 2.58 bits per heavy atom. The number of hydrogen-bond donors (Lipinski definition) is 1. The summed E-state index contributed by atoms with van der Waals surface area (Å²) in [4.78, 5) is 0. The minimum absolute atomic E-state index is 0.0398. The molecule has 100 valence electrons. The van der Waals surface area contributed by atoms with E-state index in [0.717, 1.165) is 10.9 Å². The molecule has 0 radical (unpaired) electrons. The van der Waals surface area contributed by atoms with E-state index in [0.29, 0.717) is 0 Å². The van der Waals surface area contributed by atoms with Crippen LogP contribution in [0.3, 0.4) is 0 Å². The van der Waals surface area contributed by atoms with Gasteiger partial charge < -0.3 is 5.73 Å². The zero-order chi connectivity index (χ0) is 14.0. The van der Waals surface area contributed by atoms with Gasteiger partial charge in [-0.1, -0.05) is 51.8 Å². The lowest BCUT2D eigenvalue weighted by Crippen LogP contribution is -2.15. The SMILES string of the molecule is Cc1ccc(C)c(CC(N)c2cccc(Br)c2C)c1. The predicted molar refractivity (Wildman–Crippen MR) is 85.4 cm³/mol. The molecule has 2 N–H and O–H groups in total. The third-order valence-electron chi connectivity index (χ3n) is 3.65. The highest BCUT2D eigenvalue weighted by molar-refractivity contribution is 9.10. The Labute approximate surface area is 124 Å². The van der Waals surface area contributed by atoms with Gasteiger partial charge in [0.2, 0.25) is 0 Å². The van der Waals surface area contributed by atoms with Gasteiger partial charge in [-0.05, 0) is 55.5 Å². The summed E-state index contributed by atoms with van der Waals surface area (Å²) in [5, 5.41) is 0. The average molecular weight is 318 g/mol. The summed E-state index contributed by atoms with van der Waals surface area (Å²) in [6.45, 7) is 6.39. The molecule has 0 bridgehead atoms. The molecule has 1 unspecified atom stereocenters. The number of nitrogens with two attached hydrogens (primary N) is 1. The van der Waals surface area contributed by atoms with Gasteiger partial charge in [0.25, 0.3) is 0 Å². The highest BCUT2D eigenvalue weighted by Gasteiger charge is 2.12. The molecule has 1 atom stereocenters. The van der Waals surface area contributed by atoms with Crippen molar-refractivity contribution in [1.29, 1.82) is 0 Å². The first kappa shape index (κ1) is 14.3. The zero-order valence-corrected chi connectivity index (χ0v) is 13.3. The predicted octanol–water partition coefficient (Wildman–Crippen LogP) is 4.62. The minimum Gasteiger partial charge on any atom is -0.324 e. The molecule has 2 heteroatoms. The van der Waals surface area contributed by atoms with Gasteiger partial charge in [0.1, 0.15) is 0 Å². The van der Waals surface area contributed by atoms with Crippen LogP contribution in [0.2, 0.25) is 0 Å². The molecule has 0 saturated carbocycles.